The minimum Gasteiger partial charge on any atom is -0.489 e. The van der Waals surface area contributed by atoms with E-state index in [1.165, 1.54) is 11.8 Å². The third-order valence-corrected chi connectivity index (χ3v) is 9.25. The van der Waals surface area contributed by atoms with E-state index in [0.717, 1.165) is 36.3 Å². The number of aliphatic hydroxyl groups is 1. The highest BCUT2D eigenvalue weighted by Crippen LogP contribution is 2.62. The Balaban J connectivity index is 2.16. The first-order chi connectivity index (χ1) is 16.2. The Morgan fingerprint density at radius 1 is 1.24 bits per heavy atom. The number of anilines is 2. The van der Waals surface area contributed by atoms with Crippen molar-refractivity contribution < 1.29 is 28.8 Å². The minimum atomic E-state index is -3.18. The Kier molecular flexibility index (Phi) is 8.81. The molecule has 0 bridgehead atoms. The molecule has 2 atom stereocenters. The van der Waals surface area contributed by atoms with E-state index in [1.807, 2.05) is 42.7 Å². The summed E-state index contributed by atoms with van der Waals surface area (Å²) in [5, 5.41) is 18.7. The first-order valence-corrected chi connectivity index (χ1v) is 14.4. The monoisotopic (exact) mass is 509 g/mol. The van der Waals surface area contributed by atoms with Crippen molar-refractivity contribution >= 4 is 39.7 Å². The molecule has 0 saturated carbocycles. The molecule has 0 spiro atoms. The topological polar surface area (TPSA) is 110 Å². The number of nitrogens with zero attached hydrogens (tertiary/aromatic N) is 1. The number of fused-ring (bicyclic) bond motifs is 1. The van der Waals surface area contributed by atoms with Crippen LogP contribution in [0, 0.1) is 5.41 Å². The fourth-order valence-corrected chi connectivity index (χ4v) is 7.22. The molecule has 0 amide bonds. The van der Waals surface area contributed by atoms with E-state index in [1.54, 1.807) is 6.07 Å². The van der Waals surface area contributed by atoms with Crippen molar-refractivity contribution in [2.75, 3.05) is 30.1 Å². The second kappa shape index (κ2) is 11.2. The maximum atomic E-state index is 11.5. The largest absolute Gasteiger partial charge is 0.489 e. The van der Waals surface area contributed by atoms with Crippen LogP contribution in [-0.2, 0) is 4.79 Å². The molecule has 0 aromatic heterocycles. The van der Waals surface area contributed by atoms with Crippen molar-refractivity contribution in [3.63, 3.8) is 0 Å². The van der Waals surface area contributed by atoms with Gasteiger partial charge in [0.2, 0.25) is 0 Å². The van der Waals surface area contributed by atoms with Crippen molar-refractivity contribution in [1.29, 1.82) is 0 Å². The average molecular weight is 510 g/mol. The van der Waals surface area contributed by atoms with E-state index in [2.05, 4.69) is 18.7 Å². The van der Waals surface area contributed by atoms with E-state index in [0.29, 0.717) is 22.9 Å². The highest BCUT2D eigenvalue weighted by atomic mass is 32.3. The van der Waals surface area contributed by atoms with Crippen LogP contribution >= 0.6 is 22.4 Å². The van der Waals surface area contributed by atoms with Gasteiger partial charge in [-0.15, -0.1) is 11.8 Å². The lowest BCUT2D eigenvalue weighted by Crippen LogP contribution is -2.37. The predicted octanol–water partition coefficient (Wildman–Crippen LogP) is 6.08. The molecular weight excluding hydrogens is 474 g/mol. The fraction of sp³-hybridized carbons (Fsp3) is 0.480. The first kappa shape index (κ1) is 26.7. The lowest BCUT2D eigenvalue weighted by Gasteiger charge is -2.41. The molecule has 9 heteroatoms. The number of carbonyl (C=O) groups is 1. The maximum absolute atomic E-state index is 11.5. The zero-order valence-corrected chi connectivity index (χ0v) is 21.6. The van der Waals surface area contributed by atoms with Crippen LogP contribution < -0.4 is 9.64 Å². The summed E-state index contributed by atoms with van der Waals surface area (Å²) in [6, 6.07) is 13.4. The van der Waals surface area contributed by atoms with E-state index in [9.17, 15) is 19.0 Å². The van der Waals surface area contributed by atoms with Gasteiger partial charge in [-0.2, -0.15) is 10.6 Å². The van der Waals surface area contributed by atoms with Gasteiger partial charge in [0.15, 0.2) is 6.10 Å². The molecule has 1 aliphatic rings. The number of aliphatic hydroxyl groups excluding tert-OH is 1. The summed E-state index contributed by atoms with van der Waals surface area (Å²) in [6.07, 6.45) is 3.93. The summed E-state index contributed by atoms with van der Waals surface area (Å²) in [7, 11) is -3.18. The highest BCUT2D eigenvalue weighted by molar-refractivity contribution is 8.24. The second-order valence-corrected chi connectivity index (χ2v) is 11.7. The number of rotatable bonds is 10. The number of hydrogen-bond donors (Lipinski definition) is 4. The molecule has 0 saturated heterocycles. The second-order valence-electron chi connectivity index (χ2n) is 8.83. The van der Waals surface area contributed by atoms with Crippen LogP contribution in [0.3, 0.4) is 0 Å². The molecule has 0 fully saturated rings. The molecular formula is C25H35NO6S2. The summed E-state index contributed by atoms with van der Waals surface area (Å²) >= 11 is 1.42. The Bertz CT molecular complexity index is 987. The SMILES string of the molecule is CCCC[C@]1(CC)CN(c2ccccc2)c2cc(SC)c(OC[C@@H](O)C(=O)O)cc2S(O)(O)C1. The number of unbranched alkanes of at least 4 members (excludes halogenated alkanes) is 1. The minimum absolute atomic E-state index is 0.253. The van der Waals surface area contributed by atoms with Crippen molar-refractivity contribution in [2.45, 2.75) is 55.4 Å². The van der Waals surface area contributed by atoms with Crippen LogP contribution in [0.2, 0.25) is 0 Å². The van der Waals surface area contributed by atoms with Crippen LogP contribution in [0.5, 0.6) is 5.75 Å². The van der Waals surface area contributed by atoms with Gasteiger partial charge in [-0.1, -0.05) is 44.9 Å². The Hall–Kier alpha value is -1.91. The zero-order chi connectivity index (χ0) is 24.9. The molecule has 188 valence electrons. The summed E-state index contributed by atoms with van der Waals surface area (Å²) < 4.78 is 28.7. The van der Waals surface area contributed by atoms with E-state index in [-0.39, 0.29) is 11.2 Å². The normalized spacial score (nSPS) is 21.3. The summed E-state index contributed by atoms with van der Waals surface area (Å²) in [4.78, 5) is 14.3. The molecule has 4 N–H and O–H groups in total. The molecule has 34 heavy (non-hydrogen) atoms. The van der Waals surface area contributed by atoms with Crippen molar-refractivity contribution in [3.8, 4) is 5.75 Å². The van der Waals surface area contributed by atoms with Crippen LogP contribution in [-0.4, -0.2) is 56.6 Å². The van der Waals surface area contributed by atoms with Crippen molar-refractivity contribution in [3.05, 3.63) is 42.5 Å². The van der Waals surface area contributed by atoms with Gasteiger partial charge in [0.1, 0.15) is 12.4 Å². The fourth-order valence-electron chi connectivity index (χ4n) is 4.42. The molecule has 0 radical (unpaired) electrons. The quantitative estimate of drug-likeness (QED) is 0.285. The van der Waals surface area contributed by atoms with Gasteiger partial charge in [0.05, 0.1) is 15.5 Å². The van der Waals surface area contributed by atoms with Crippen LogP contribution in [0.4, 0.5) is 11.4 Å². The zero-order valence-electron chi connectivity index (χ0n) is 19.9. The van der Waals surface area contributed by atoms with Gasteiger partial charge in [-0.3, -0.25) is 9.11 Å². The first-order valence-electron chi connectivity index (χ1n) is 11.5. The van der Waals surface area contributed by atoms with E-state index < -0.39 is 29.3 Å². The molecule has 1 aliphatic heterocycles. The van der Waals surface area contributed by atoms with Gasteiger partial charge < -0.3 is 19.8 Å². The molecule has 0 aliphatic carbocycles. The molecule has 7 nitrogen and oxygen atoms in total. The lowest BCUT2D eigenvalue weighted by molar-refractivity contribution is -0.148. The number of ether oxygens (including phenoxy) is 1. The Morgan fingerprint density at radius 3 is 2.53 bits per heavy atom. The Morgan fingerprint density at radius 2 is 1.94 bits per heavy atom. The lowest BCUT2D eigenvalue weighted by atomic mass is 9.81. The summed E-state index contributed by atoms with van der Waals surface area (Å²) in [5.41, 5.74) is 1.40. The molecule has 3 rings (SSSR count). The Labute approximate surface area is 207 Å². The number of para-hydroxylation sites is 1. The third-order valence-electron chi connectivity index (χ3n) is 6.45. The summed E-state index contributed by atoms with van der Waals surface area (Å²) in [5.74, 6) is -0.788. The highest BCUT2D eigenvalue weighted by Gasteiger charge is 2.42. The third kappa shape index (κ3) is 5.83. The van der Waals surface area contributed by atoms with Gasteiger partial charge in [-0.05, 0) is 37.3 Å². The number of carboxylic acid groups (broad SMARTS) is 1. The van der Waals surface area contributed by atoms with Crippen LogP contribution in [0.1, 0.15) is 39.5 Å². The average Bonchev–Trinajstić information content (AvgIpc) is 2.93. The number of hydrogen-bond acceptors (Lipinski definition) is 7. The van der Waals surface area contributed by atoms with Gasteiger partial charge in [0, 0.05) is 29.5 Å². The van der Waals surface area contributed by atoms with Crippen molar-refractivity contribution in [2.24, 2.45) is 5.41 Å². The maximum Gasteiger partial charge on any atom is 0.336 e. The van der Waals surface area contributed by atoms with Crippen LogP contribution in [0.15, 0.2) is 52.3 Å². The number of thioether (sulfide) groups is 1. The van der Waals surface area contributed by atoms with Crippen LogP contribution in [0.25, 0.3) is 0 Å². The molecule has 1 heterocycles. The number of carboxylic acids is 1. The predicted molar refractivity (Wildman–Crippen MR) is 139 cm³/mol. The van der Waals surface area contributed by atoms with Gasteiger partial charge >= 0.3 is 5.97 Å². The van der Waals surface area contributed by atoms with Gasteiger partial charge in [-0.25, -0.2) is 4.79 Å². The molecule has 2 aromatic carbocycles. The van der Waals surface area contributed by atoms with Gasteiger partial charge in [0.25, 0.3) is 0 Å². The summed E-state index contributed by atoms with van der Waals surface area (Å²) in [6.45, 7) is 4.47. The van der Waals surface area contributed by atoms with Crippen molar-refractivity contribution in [1.82, 2.24) is 0 Å². The molecule has 0 unspecified atom stereocenters. The standard InChI is InChI=1S/C25H35NO6S2/c1-4-6-12-25(5-2)16-26(18-10-8-7-9-11-18)19-13-22(33-3)21(32-15-20(27)24(28)29)14-23(19)34(30,31)17-25/h7-11,13-14,20,27,30-31H,4-6,12,15-17H2,1-3H3,(H,28,29)/t20-,25-/m1/s1. The number of aliphatic carboxylic acids is 1. The van der Waals surface area contributed by atoms with E-state index in [4.69, 9.17) is 9.84 Å². The smallest absolute Gasteiger partial charge is 0.336 e. The number of benzene rings is 2. The molecule has 2 aromatic rings. The van der Waals surface area contributed by atoms with E-state index >= 15 is 0 Å².